The normalized spacial score (nSPS) is 12.5. The lowest BCUT2D eigenvalue weighted by Gasteiger charge is -2.21. The minimum atomic E-state index is -4.74. The van der Waals surface area contributed by atoms with Crippen LogP contribution >= 0.6 is 0 Å². The summed E-state index contributed by atoms with van der Waals surface area (Å²) in [4.78, 5) is 4.37. The summed E-state index contributed by atoms with van der Waals surface area (Å²) in [6, 6.07) is 6.35. The first-order chi connectivity index (χ1) is 9.62. The lowest BCUT2D eigenvalue weighted by atomic mass is 9.90. The Morgan fingerprint density at radius 3 is 2.33 bits per heavy atom. The van der Waals surface area contributed by atoms with Crippen molar-refractivity contribution in [1.29, 1.82) is 0 Å². The van der Waals surface area contributed by atoms with Crippen molar-refractivity contribution in [2.75, 3.05) is 12.4 Å². The minimum Gasteiger partial charge on any atom is -0.403 e. The number of ether oxygens (including phenoxy) is 1. The zero-order valence-electron chi connectivity index (χ0n) is 12.3. The first kappa shape index (κ1) is 15.4. The summed E-state index contributed by atoms with van der Waals surface area (Å²) in [5.41, 5.74) is 1.33. The van der Waals surface area contributed by atoms with Gasteiger partial charge in [0.15, 0.2) is 5.75 Å². The van der Waals surface area contributed by atoms with Gasteiger partial charge in [-0.1, -0.05) is 32.9 Å². The van der Waals surface area contributed by atoms with Crippen molar-refractivity contribution in [3.63, 3.8) is 0 Å². The van der Waals surface area contributed by atoms with Crippen LogP contribution in [0.1, 0.15) is 26.5 Å². The predicted molar refractivity (Wildman–Crippen MR) is 76.7 cm³/mol. The van der Waals surface area contributed by atoms with E-state index in [9.17, 15) is 13.2 Å². The number of nitrogens with zero attached hydrogens (tertiary/aromatic N) is 1. The van der Waals surface area contributed by atoms with Gasteiger partial charge in [-0.05, 0) is 12.1 Å². The van der Waals surface area contributed by atoms with Crippen LogP contribution in [0.3, 0.4) is 0 Å². The molecular formula is C15H17F3N2O. The average Bonchev–Trinajstić information content (AvgIpc) is 2.35. The topological polar surface area (TPSA) is 34.2 Å². The standard InChI is InChI=1S/C15H17F3N2O/c1-14(2,3)12-8-10(19-4)9-6-5-7-11(13(9)20-12)21-15(16,17)18/h5-8H,1-4H3,(H,19,20). The van der Waals surface area contributed by atoms with Gasteiger partial charge in [0.2, 0.25) is 0 Å². The number of benzene rings is 1. The van der Waals surface area contributed by atoms with Gasteiger partial charge >= 0.3 is 6.36 Å². The highest BCUT2D eigenvalue weighted by atomic mass is 19.4. The molecule has 1 N–H and O–H groups in total. The molecule has 0 saturated carbocycles. The van der Waals surface area contributed by atoms with Crippen molar-refractivity contribution in [3.8, 4) is 5.75 Å². The van der Waals surface area contributed by atoms with Crippen LogP contribution in [0, 0.1) is 0 Å². The molecule has 2 rings (SSSR count). The van der Waals surface area contributed by atoms with E-state index in [0.717, 1.165) is 5.69 Å². The molecule has 0 saturated heterocycles. The lowest BCUT2D eigenvalue weighted by Crippen LogP contribution is -2.18. The molecule has 114 valence electrons. The zero-order chi connectivity index (χ0) is 15.8. The van der Waals surface area contributed by atoms with Gasteiger partial charge in [-0.3, -0.25) is 0 Å². The molecule has 0 aliphatic carbocycles. The third kappa shape index (κ3) is 3.37. The first-order valence-corrected chi connectivity index (χ1v) is 6.49. The van der Waals surface area contributed by atoms with Gasteiger partial charge in [-0.25, -0.2) is 4.98 Å². The molecular weight excluding hydrogens is 281 g/mol. The molecule has 21 heavy (non-hydrogen) atoms. The molecule has 2 aromatic rings. The maximum atomic E-state index is 12.5. The van der Waals surface area contributed by atoms with Gasteiger partial charge in [-0.15, -0.1) is 13.2 Å². The number of aromatic nitrogens is 1. The van der Waals surface area contributed by atoms with E-state index >= 15 is 0 Å². The summed E-state index contributed by atoms with van der Waals surface area (Å²) in [7, 11) is 1.72. The van der Waals surface area contributed by atoms with E-state index in [2.05, 4.69) is 15.0 Å². The summed E-state index contributed by atoms with van der Waals surface area (Å²) in [5, 5.41) is 3.59. The number of para-hydroxylation sites is 1. The number of nitrogens with one attached hydrogen (secondary N) is 1. The first-order valence-electron chi connectivity index (χ1n) is 6.49. The summed E-state index contributed by atoms with van der Waals surface area (Å²) in [6.45, 7) is 5.86. The quantitative estimate of drug-likeness (QED) is 0.888. The fourth-order valence-corrected chi connectivity index (χ4v) is 2.02. The van der Waals surface area contributed by atoms with Crippen LogP contribution in [0.4, 0.5) is 18.9 Å². The molecule has 0 aliphatic rings. The van der Waals surface area contributed by atoms with Crippen molar-refractivity contribution in [2.24, 2.45) is 0 Å². The van der Waals surface area contributed by atoms with Crippen LogP contribution in [0.2, 0.25) is 0 Å². The van der Waals surface area contributed by atoms with E-state index in [1.165, 1.54) is 12.1 Å². The van der Waals surface area contributed by atoms with E-state index in [1.807, 2.05) is 26.8 Å². The fraction of sp³-hybridized carbons (Fsp3) is 0.400. The van der Waals surface area contributed by atoms with E-state index in [4.69, 9.17) is 0 Å². The number of fused-ring (bicyclic) bond motifs is 1. The molecule has 0 bridgehead atoms. The van der Waals surface area contributed by atoms with Gasteiger partial charge in [0.1, 0.15) is 5.52 Å². The van der Waals surface area contributed by atoms with Crippen LogP contribution < -0.4 is 10.1 Å². The SMILES string of the molecule is CNc1cc(C(C)(C)C)nc2c(OC(F)(F)F)cccc12. The number of hydrogen-bond donors (Lipinski definition) is 1. The largest absolute Gasteiger partial charge is 0.573 e. The molecule has 1 heterocycles. The maximum absolute atomic E-state index is 12.5. The second kappa shape index (κ2) is 5.09. The number of halogens is 3. The molecule has 0 unspecified atom stereocenters. The van der Waals surface area contributed by atoms with E-state index < -0.39 is 6.36 Å². The Kier molecular flexibility index (Phi) is 3.74. The number of anilines is 1. The molecule has 0 aliphatic heterocycles. The highest BCUT2D eigenvalue weighted by Crippen LogP contribution is 2.35. The monoisotopic (exact) mass is 298 g/mol. The van der Waals surface area contributed by atoms with Crippen molar-refractivity contribution in [2.45, 2.75) is 32.5 Å². The maximum Gasteiger partial charge on any atom is 0.573 e. The molecule has 0 amide bonds. The fourth-order valence-electron chi connectivity index (χ4n) is 2.02. The molecule has 1 aromatic carbocycles. The van der Waals surface area contributed by atoms with Crippen LogP contribution in [0.15, 0.2) is 24.3 Å². The van der Waals surface area contributed by atoms with Gasteiger partial charge < -0.3 is 10.1 Å². The highest BCUT2D eigenvalue weighted by Gasteiger charge is 2.32. The Morgan fingerprint density at radius 1 is 1.14 bits per heavy atom. The second-order valence-electron chi connectivity index (χ2n) is 5.76. The predicted octanol–water partition coefficient (Wildman–Crippen LogP) is 4.47. The average molecular weight is 298 g/mol. The number of hydrogen-bond acceptors (Lipinski definition) is 3. The number of pyridine rings is 1. The third-order valence-corrected chi connectivity index (χ3v) is 3.07. The zero-order valence-corrected chi connectivity index (χ0v) is 12.3. The van der Waals surface area contributed by atoms with E-state index in [1.54, 1.807) is 13.1 Å². The van der Waals surface area contributed by atoms with Gasteiger partial charge in [0.05, 0.1) is 0 Å². The molecule has 0 radical (unpaired) electrons. The summed E-state index contributed by atoms with van der Waals surface area (Å²) >= 11 is 0. The van der Waals surface area contributed by atoms with Crippen LogP contribution in [-0.2, 0) is 5.41 Å². The minimum absolute atomic E-state index is 0.201. The van der Waals surface area contributed by atoms with Crippen molar-refractivity contribution in [1.82, 2.24) is 4.98 Å². The van der Waals surface area contributed by atoms with Gasteiger partial charge in [-0.2, -0.15) is 0 Å². The molecule has 3 nitrogen and oxygen atoms in total. The Morgan fingerprint density at radius 2 is 1.81 bits per heavy atom. The smallest absolute Gasteiger partial charge is 0.403 e. The van der Waals surface area contributed by atoms with Gasteiger partial charge in [0.25, 0.3) is 0 Å². The Balaban J connectivity index is 2.72. The van der Waals surface area contributed by atoms with E-state index in [-0.39, 0.29) is 16.7 Å². The molecule has 0 spiro atoms. The molecule has 1 aromatic heterocycles. The van der Waals surface area contributed by atoms with E-state index in [0.29, 0.717) is 11.1 Å². The lowest BCUT2D eigenvalue weighted by molar-refractivity contribution is -0.274. The van der Waals surface area contributed by atoms with Crippen molar-refractivity contribution < 1.29 is 17.9 Å². The molecule has 0 atom stereocenters. The summed E-state index contributed by atoms with van der Waals surface area (Å²) in [6.07, 6.45) is -4.74. The second-order valence-corrected chi connectivity index (χ2v) is 5.76. The Bertz CT molecular complexity index is 660. The van der Waals surface area contributed by atoms with Crippen molar-refractivity contribution >= 4 is 16.6 Å². The van der Waals surface area contributed by atoms with Crippen LogP contribution in [0.25, 0.3) is 10.9 Å². The molecule has 0 fully saturated rings. The Labute approximate surface area is 121 Å². The number of rotatable bonds is 2. The van der Waals surface area contributed by atoms with Crippen LogP contribution in [0.5, 0.6) is 5.75 Å². The van der Waals surface area contributed by atoms with Crippen molar-refractivity contribution in [3.05, 3.63) is 30.0 Å². The third-order valence-electron chi connectivity index (χ3n) is 3.07. The number of alkyl halides is 3. The highest BCUT2D eigenvalue weighted by molar-refractivity contribution is 5.95. The van der Waals surface area contributed by atoms with Crippen LogP contribution in [-0.4, -0.2) is 18.4 Å². The summed E-state index contributed by atoms with van der Waals surface area (Å²) in [5.74, 6) is -0.289. The Hall–Kier alpha value is -1.98. The van der Waals surface area contributed by atoms with Gasteiger partial charge in [0, 0.05) is 29.2 Å². The molecule has 6 heteroatoms. The summed E-state index contributed by atoms with van der Waals surface area (Å²) < 4.78 is 41.7.